The van der Waals surface area contributed by atoms with E-state index in [1.165, 1.54) is 0 Å². The van der Waals surface area contributed by atoms with Crippen molar-refractivity contribution in [2.75, 3.05) is 6.54 Å². The van der Waals surface area contributed by atoms with E-state index in [1.54, 1.807) is 12.4 Å². The zero-order valence-corrected chi connectivity index (χ0v) is 14.6. The fourth-order valence-corrected chi connectivity index (χ4v) is 2.11. The van der Waals surface area contributed by atoms with E-state index in [-0.39, 0.29) is 6.04 Å². The average molecular weight is 331 g/mol. The topological polar surface area (TPSA) is 81.1 Å². The van der Waals surface area contributed by atoms with Crippen LogP contribution in [0.25, 0.3) is 11.3 Å². The SMILES string of the molecule is C[C@H](CCNNC(=O)OC(C)(C)C)n1cnc(-c2cccnc2)c1. The summed E-state index contributed by atoms with van der Waals surface area (Å²) in [5, 5.41) is 0. The highest BCUT2D eigenvalue weighted by atomic mass is 16.6. The molecule has 2 heterocycles. The van der Waals surface area contributed by atoms with Crippen LogP contribution in [-0.2, 0) is 4.74 Å². The first-order valence-corrected chi connectivity index (χ1v) is 8.01. The maximum absolute atomic E-state index is 11.5. The van der Waals surface area contributed by atoms with E-state index < -0.39 is 11.7 Å². The number of pyridine rings is 1. The van der Waals surface area contributed by atoms with Gasteiger partial charge in [-0.3, -0.25) is 10.4 Å². The molecule has 2 aromatic heterocycles. The second-order valence-corrected chi connectivity index (χ2v) is 6.64. The number of hydrazine groups is 1. The van der Waals surface area contributed by atoms with E-state index in [2.05, 4.69) is 32.3 Å². The van der Waals surface area contributed by atoms with E-state index in [0.717, 1.165) is 17.7 Å². The molecule has 1 atom stereocenters. The molecule has 2 N–H and O–H groups in total. The van der Waals surface area contributed by atoms with Gasteiger partial charge < -0.3 is 9.30 Å². The highest BCUT2D eigenvalue weighted by molar-refractivity contribution is 5.66. The van der Waals surface area contributed by atoms with Crippen LogP contribution < -0.4 is 10.9 Å². The lowest BCUT2D eigenvalue weighted by Crippen LogP contribution is -2.41. The summed E-state index contributed by atoms with van der Waals surface area (Å²) < 4.78 is 7.20. The highest BCUT2D eigenvalue weighted by Crippen LogP contribution is 2.18. The van der Waals surface area contributed by atoms with Crippen molar-refractivity contribution in [3.63, 3.8) is 0 Å². The molecule has 130 valence electrons. The summed E-state index contributed by atoms with van der Waals surface area (Å²) >= 11 is 0. The summed E-state index contributed by atoms with van der Waals surface area (Å²) in [6.07, 6.45) is 7.71. The van der Waals surface area contributed by atoms with Crippen molar-refractivity contribution in [2.45, 2.75) is 45.8 Å². The Morgan fingerprint density at radius 3 is 2.88 bits per heavy atom. The van der Waals surface area contributed by atoms with Crippen LogP contribution in [-0.4, -0.2) is 32.8 Å². The Bertz CT molecular complexity index is 649. The van der Waals surface area contributed by atoms with Gasteiger partial charge in [0.25, 0.3) is 0 Å². The summed E-state index contributed by atoms with van der Waals surface area (Å²) in [6.45, 7) is 8.21. The van der Waals surface area contributed by atoms with Gasteiger partial charge in [-0.25, -0.2) is 15.2 Å². The van der Waals surface area contributed by atoms with Gasteiger partial charge in [0.15, 0.2) is 0 Å². The van der Waals surface area contributed by atoms with Crippen LogP contribution in [0.5, 0.6) is 0 Å². The number of carbonyl (C=O) groups is 1. The molecule has 0 aliphatic heterocycles. The molecule has 0 fully saturated rings. The molecule has 24 heavy (non-hydrogen) atoms. The van der Waals surface area contributed by atoms with Crippen molar-refractivity contribution in [3.8, 4) is 11.3 Å². The predicted molar refractivity (Wildman–Crippen MR) is 92.2 cm³/mol. The lowest BCUT2D eigenvalue weighted by atomic mass is 10.2. The molecule has 0 unspecified atom stereocenters. The first-order valence-electron chi connectivity index (χ1n) is 8.01. The van der Waals surface area contributed by atoms with Crippen molar-refractivity contribution in [1.82, 2.24) is 25.4 Å². The minimum absolute atomic E-state index is 0.246. The average Bonchev–Trinajstić information content (AvgIpc) is 3.00. The van der Waals surface area contributed by atoms with Crippen molar-refractivity contribution in [3.05, 3.63) is 37.1 Å². The lowest BCUT2D eigenvalue weighted by molar-refractivity contribution is 0.0497. The first kappa shape index (κ1) is 17.9. The Labute approximate surface area is 142 Å². The van der Waals surface area contributed by atoms with Crippen molar-refractivity contribution < 1.29 is 9.53 Å². The van der Waals surface area contributed by atoms with Crippen molar-refractivity contribution >= 4 is 6.09 Å². The van der Waals surface area contributed by atoms with Gasteiger partial charge >= 0.3 is 6.09 Å². The number of hydrogen-bond donors (Lipinski definition) is 2. The minimum Gasteiger partial charge on any atom is -0.443 e. The van der Waals surface area contributed by atoms with Gasteiger partial charge in [0.2, 0.25) is 0 Å². The molecule has 0 spiro atoms. The van der Waals surface area contributed by atoms with Crippen LogP contribution in [0.2, 0.25) is 0 Å². The standard InChI is InChI=1S/C17H25N5O2/c1-13(7-9-20-21-16(23)24-17(2,3)4)22-11-15(19-12-22)14-6-5-8-18-10-14/h5-6,8,10-13,20H,7,9H2,1-4H3,(H,21,23)/t13-/m1/s1. The summed E-state index contributed by atoms with van der Waals surface area (Å²) in [4.78, 5) is 20.0. The zero-order chi connectivity index (χ0) is 17.6. The summed E-state index contributed by atoms with van der Waals surface area (Å²) in [7, 11) is 0. The maximum Gasteiger partial charge on any atom is 0.422 e. The fourth-order valence-electron chi connectivity index (χ4n) is 2.11. The Kier molecular flexibility index (Phi) is 5.92. The Hall–Kier alpha value is -2.41. The number of rotatable bonds is 6. The van der Waals surface area contributed by atoms with Crippen LogP contribution >= 0.6 is 0 Å². The first-order chi connectivity index (χ1) is 11.3. The lowest BCUT2D eigenvalue weighted by Gasteiger charge is -2.20. The molecule has 2 rings (SSSR count). The van der Waals surface area contributed by atoms with Gasteiger partial charge in [0.05, 0.1) is 12.0 Å². The summed E-state index contributed by atoms with van der Waals surface area (Å²) in [5.41, 5.74) is 6.80. The molecule has 7 heteroatoms. The van der Waals surface area contributed by atoms with Crippen LogP contribution in [0, 0.1) is 0 Å². The zero-order valence-electron chi connectivity index (χ0n) is 14.6. The van der Waals surface area contributed by atoms with E-state index in [1.807, 2.05) is 45.4 Å². The minimum atomic E-state index is -0.501. The Morgan fingerprint density at radius 1 is 1.42 bits per heavy atom. The van der Waals surface area contributed by atoms with Crippen LogP contribution in [0.4, 0.5) is 4.79 Å². The Balaban J connectivity index is 1.76. The number of nitrogens with one attached hydrogen (secondary N) is 2. The third kappa shape index (κ3) is 5.66. The number of nitrogens with zero attached hydrogens (tertiary/aromatic N) is 3. The number of ether oxygens (including phenoxy) is 1. The monoisotopic (exact) mass is 331 g/mol. The third-order valence-electron chi connectivity index (χ3n) is 3.34. The summed E-state index contributed by atoms with van der Waals surface area (Å²) in [5.74, 6) is 0. The maximum atomic E-state index is 11.5. The fraction of sp³-hybridized carbons (Fsp3) is 0.471. The second-order valence-electron chi connectivity index (χ2n) is 6.64. The molecule has 0 radical (unpaired) electrons. The smallest absolute Gasteiger partial charge is 0.422 e. The van der Waals surface area contributed by atoms with Crippen LogP contribution in [0.3, 0.4) is 0 Å². The molecule has 0 aliphatic rings. The number of aromatic nitrogens is 3. The van der Waals surface area contributed by atoms with Gasteiger partial charge in [0.1, 0.15) is 5.60 Å². The molecule has 1 amide bonds. The van der Waals surface area contributed by atoms with Crippen molar-refractivity contribution in [1.29, 1.82) is 0 Å². The quantitative estimate of drug-likeness (QED) is 0.628. The molecule has 2 aromatic rings. The van der Waals surface area contributed by atoms with Crippen LogP contribution in [0.15, 0.2) is 37.1 Å². The Morgan fingerprint density at radius 2 is 2.21 bits per heavy atom. The number of amides is 1. The largest absolute Gasteiger partial charge is 0.443 e. The molecule has 0 aliphatic carbocycles. The molecule has 0 aromatic carbocycles. The highest BCUT2D eigenvalue weighted by Gasteiger charge is 2.15. The molecular formula is C17H25N5O2. The number of carbonyl (C=O) groups excluding carboxylic acids is 1. The number of hydrogen-bond acceptors (Lipinski definition) is 5. The second kappa shape index (κ2) is 7.92. The van der Waals surface area contributed by atoms with E-state index >= 15 is 0 Å². The molecule has 0 bridgehead atoms. The van der Waals surface area contributed by atoms with Gasteiger partial charge in [-0.05, 0) is 46.2 Å². The van der Waals surface area contributed by atoms with Gasteiger partial charge in [-0.1, -0.05) is 0 Å². The van der Waals surface area contributed by atoms with Crippen molar-refractivity contribution in [2.24, 2.45) is 0 Å². The molecular weight excluding hydrogens is 306 g/mol. The third-order valence-corrected chi connectivity index (χ3v) is 3.34. The van der Waals surface area contributed by atoms with Gasteiger partial charge in [0, 0.05) is 36.7 Å². The summed E-state index contributed by atoms with van der Waals surface area (Å²) in [6, 6.07) is 4.12. The van der Waals surface area contributed by atoms with E-state index in [9.17, 15) is 4.79 Å². The molecule has 0 saturated carbocycles. The molecule has 7 nitrogen and oxygen atoms in total. The van der Waals surface area contributed by atoms with Gasteiger partial charge in [-0.15, -0.1) is 0 Å². The van der Waals surface area contributed by atoms with Crippen LogP contribution in [0.1, 0.15) is 40.2 Å². The van der Waals surface area contributed by atoms with E-state index in [0.29, 0.717) is 6.54 Å². The normalized spacial score (nSPS) is 12.7. The predicted octanol–water partition coefficient (Wildman–Crippen LogP) is 2.93. The van der Waals surface area contributed by atoms with Gasteiger partial charge in [-0.2, -0.15) is 0 Å². The molecule has 0 saturated heterocycles. The number of imidazole rings is 1. The van der Waals surface area contributed by atoms with E-state index in [4.69, 9.17) is 4.74 Å².